The minimum absolute atomic E-state index is 0.416. The van der Waals surface area contributed by atoms with Crippen LogP contribution in [0.2, 0.25) is 17.9 Å². The van der Waals surface area contributed by atoms with Crippen LogP contribution in [0.3, 0.4) is 0 Å². The normalized spacial score (nSPS) is 20.1. The number of allylic oxidation sites excluding steroid dienone is 8. The van der Waals surface area contributed by atoms with E-state index in [1.165, 1.54) is 9.45 Å². The number of hydrogen-bond acceptors (Lipinski definition) is 0. The zero-order chi connectivity index (χ0) is 15.7. The van der Waals surface area contributed by atoms with Crippen molar-refractivity contribution in [3.8, 4) is 0 Å². The van der Waals surface area contributed by atoms with Crippen LogP contribution in [0.1, 0.15) is 41.5 Å². The first kappa shape index (κ1) is 17.0. The summed E-state index contributed by atoms with van der Waals surface area (Å²) in [7, 11) is 0. The first-order valence-electron chi connectivity index (χ1n) is 8.32. The van der Waals surface area contributed by atoms with Crippen LogP contribution in [-0.4, -0.2) is 0 Å². The molecule has 2 aliphatic rings. The van der Waals surface area contributed by atoms with E-state index >= 15 is 0 Å². The summed E-state index contributed by atoms with van der Waals surface area (Å²) in [6.07, 6.45) is 19.1. The summed E-state index contributed by atoms with van der Waals surface area (Å²) in [4.78, 5) is 0. The second kappa shape index (κ2) is 6.05. The van der Waals surface area contributed by atoms with Gasteiger partial charge in [-0.15, -0.1) is 0 Å². The third-order valence-corrected chi connectivity index (χ3v) is 15.3. The monoisotopic (exact) mass is 320 g/mol. The SMILES string of the molecule is CC(C)(C)[CH2][Ti]([CH2]C(C)(C)C)([CH]1C=CC=C1)[CH]1C=CC=C1. The van der Waals surface area contributed by atoms with Gasteiger partial charge < -0.3 is 0 Å². The van der Waals surface area contributed by atoms with Crippen molar-refractivity contribution in [3.63, 3.8) is 0 Å². The van der Waals surface area contributed by atoms with Gasteiger partial charge in [-0.25, -0.2) is 0 Å². The molecule has 0 saturated carbocycles. The van der Waals surface area contributed by atoms with Gasteiger partial charge in [-0.1, -0.05) is 0 Å². The molecule has 2 aliphatic carbocycles. The van der Waals surface area contributed by atoms with Crippen LogP contribution in [0.25, 0.3) is 0 Å². The van der Waals surface area contributed by atoms with Gasteiger partial charge >= 0.3 is 135 Å². The third-order valence-electron chi connectivity index (χ3n) is 4.54. The quantitative estimate of drug-likeness (QED) is 0.494. The molecule has 0 heterocycles. The predicted molar refractivity (Wildman–Crippen MR) is 92.6 cm³/mol. The number of rotatable bonds is 4. The van der Waals surface area contributed by atoms with Crippen LogP contribution in [0.4, 0.5) is 0 Å². The van der Waals surface area contributed by atoms with Crippen molar-refractivity contribution in [1.29, 1.82) is 0 Å². The average molecular weight is 320 g/mol. The summed E-state index contributed by atoms with van der Waals surface area (Å²) in [5, 5.41) is 0. The fourth-order valence-electron chi connectivity index (χ4n) is 4.36. The van der Waals surface area contributed by atoms with Gasteiger partial charge in [-0.2, -0.15) is 0 Å². The van der Waals surface area contributed by atoms with Gasteiger partial charge in [0.15, 0.2) is 0 Å². The molecule has 21 heavy (non-hydrogen) atoms. The Balaban J connectivity index is 2.46. The number of hydrogen-bond donors (Lipinski definition) is 0. The van der Waals surface area contributed by atoms with E-state index in [2.05, 4.69) is 90.2 Å². The summed E-state index contributed by atoms with van der Waals surface area (Å²) in [5.41, 5.74) is 0.833. The maximum absolute atomic E-state index is 2.50. The third kappa shape index (κ3) is 4.33. The Morgan fingerprint density at radius 2 is 0.905 bits per heavy atom. The van der Waals surface area contributed by atoms with Gasteiger partial charge in [0, 0.05) is 0 Å². The molecule has 0 saturated heterocycles. The van der Waals surface area contributed by atoms with Crippen LogP contribution in [-0.2, 0) is 16.6 Å². The van der Waals surface area contributed by atoms with Crippen LogP contribution in [0, 0.1) is 10.8 Å². The molecule has 0 spiro atoms. The van der Waals surface area contributed by atoms with E-state index in [9.17, 15) is 0 Å². The Hall–Kier alpha value is -0.326. The molecule has 0 radical (unpaired) electrons. The second-order valence-corrected chi connectivity index (χ2v) is 16.3. The molecule has 0 aromatic carbocycles. The van der Waals surface area contributed by atoms with E-state index < -0.39 is 16.6 Å². The van der Waals surface area contributed by atoms with Crippen molar-refractivity contribution < 1.29 is 16.6 Å². The average Bonchev–Trinajstić information content (AvgIpc) is 2.98. The molecular weight excluding hydrogens is 288 g/mol. The van der Waals surface area contributed by atoms with Gasteiger partial charge in [-0.05, 0) is 0 Å². The minimum atomic E-state index is -2.19. The molecule has 0 unspecified atom stereocenters. The van der Waals surface area contributed by atoms with Crippen molar-refractivity contribution in [3.05, 3.63) is 48.6 Å². The van der Waals surface area contributed by atoms with Crippen molar-refractivity contribution in [2.75, 3.05) is 0 Å². The Morgan fingerprint density at radius 3 is 1.14 bits per heavy atom. The van der Waals surface area contributed by atoms with Crippen molar-refractivity contribution >= 4 is 0 Å². The summed E-state index contributed by atoms with van der Waals surface area (Å²) in [6, 6.07) is 0. The summed E-state index contributed by atoms with van der Waals surface area (Å²) >= 11 is -2.19. The van der Waals surface area contributed by atoms with E-state index in [1.807, 2.05) is 0 Å². The fraction of sp³-hybridized carbons (Fsp3) is 0.600. The van der Waals surface area contributed by atoms with Gasteiger partial charge in [0.25, 0.3) is 0 Å². The van der Waals surface area contributed by atoms with Crippen LogP contribution >= 0.6 is 0 Å². The van der Waals surface area contributed by atoms with Crippen LogP contribution in [0.15, 0.2) is 48.6 Å². The molecule has 0 fully saturated rings. The predicted octanol–water partition coefficient (Wildman–Crippen LogP) is 6.90. The van der Waals surface area contributed by atoms with Gasteiger partial charge in [0.05, 0.1) is 0 Å². The van der Waals surface area contributed by atoms with E-state index in [1.54, 1.807) is 0 Å². The van der Waals surface area contributed by atoms with E-state index in [0.717, 1.165) is 8.45 Å². The molecule has 1 heteroatoms. The summed E-state index contributed by atoms with van der Waals surface area (Å²) < 4.78 is 4.34. The maximum atomic E-state index is 2.50. The van der Waals surface area contributed by atoms with Crippen molar-refractivity contribution in [2.45, 2.75) is 59.4 Å². The Morgan fingerprint density at radius 1 is 0.619 bits per heavy atom. The zero-order valence-electron chi connectivity index (χ0n) is 14.7. The Labute approximate surface area is 135 Å². The first-order chi connectivity index (χ1) is 9.62. The fourth-order valence-corrected chi connectivity index (χ4v) is 16.0. The van der Waals surface area contributed by atoms with Gasteiger partial charge in [0.1, 0.15) is 0 Å². The molecule has 0 aromatic rings. The molecule has 116 valence electrons. The van der Waals surface area contributed by atoms with Crippen molar-refractivity contribution in [2.24, 2.45) is 10.8 Å². The molecule has 0 aliphatic heterocycles. The van der Waals surface area contributed by atoms with Crippen molar-refractivity contribution in [1.82, 2.24) is 0 Å². The van der Waals surface area contributed by atoms with Crippen LogP contribution in [0.5, 0.6) is 0 Å². The zero-order valence-corrected chi connectivity index (χ0v) is 16.2. The topological polar surface area (TPSA) is 0 Å². The Bertz CT molecular complexity index is 407. The molecular formula is C20H32Ti. The van der Waals surface area contributed by atoms with Gasteiger partial charge in [0.2, 0.25) is 0 Å². The second-order valence-electron chi connectivity index (χ2n) is 9.30. The van der Waals surface area contributed by atoms with E-state index in [0.29, 0.717) is 10.8 Å². The molecule has 0 amide bonds. The molecule has 0 aromatic heterocycles. The van der Waals surface area contributed by atoms with E-state index in [-0.39, 0.29) is 0 Å². The van der Waals surface area contributed by atoms with Crippen LogP contribution < -0.4 is 0 Å². The molecule has 0 atom stereocenters. The molecule has 0 nitrogen and oxygen atoms in total. The molecule has 2 rings (SSSR count). The van der Waals surface area contributed by atoms with Gasteiger partial charge in [-0.3, -0.25) is 0 Å². The standard InChI is InChI=1S/2C5H5.2C5H11.Ti/c2*1-2-4-5-3-1;2*1-5(2,3)4;/h2*1-5H;2*1H2,2-4H3;. The first-order valence-corrected chi connectivity index (χ1v) is 12.3. The summed E-state index contributed by atoms with van der Waals surface area (Å²) in [5.74, 6) is 0. The molecule has 0 N–H and O–H groups in total. The summed E-state index contributed by atoms with van der Waals surface area (Å²) in [6.45, 7) is 14.6. The van der Waals surface area contributed by atoms with E-state index in [4.69, 9.17) is 0 Å². The molecule has 0 bridgehead atoms. The Kier molecular flexibility index (Phi) is 4.91.